The molecule has 0 bridgehead atoms. The minimum Gasteiger partial charge on any atom is -0.306 e. The molecule has 0 saturated carbocycles. The van der Waals surface area contributed by atoms with E-state index in [4.69, 9.17) is 0 Å². The van der Waals surface area contributed by atoms with Crippen LogP contribution < -0.4 is 5.56 Å². The normalized spacial score (nSPS) is 14.8. The fourth-order valence-electron chi connectivity index (χ4n) is 2.55. The Morgan fingerprint density at radius 1 is 1.16 bits per heavy atom. The summed E-state index contributed by atoms with van der Waals surface area (Å²) >= 11 is 3.45. The van der Waals surface area contributed by atoms with Gasteiger partial charge in [-0.3, -0.25) is 4.79 Å². The van der Waals surface area contributed by atoms with E-state index in [1.54, 1.807) is 0 Å². The maximum atomic E-state index is 12.2. The first-order valence-electron chi connectivity index (χ1n) is 6.62. The predicted molar refractivity (Wildman–Crippen MR) is 79.3 cm³/mol. The van der Waals surface area contributed by atoms with Gasteiger partial charge < -0.3 is 4.98 Å². The molecular formula is C15H15BrN2O. The van der Waals surface area contributed by atoms with Crippen molar-refractivity contribution in [1.82, 2.24) is 9.97 Å². The lowest BCUT2D eigenvalue weighted by Crippen LogP contribution is -2.18. The molecule has 3 rings (SSSR count). The van der Waals surface area contributed by atoms with Crippen LogP contribution in [-0.4, -0.2) is 9.97 Å². The van der Waals surface area contributed by atoms with Gasteiger partial charge in [-0.25, -0.2) is 4.98 Å². The largest absolute Gasteiger partial charge is 0.306 e. The molecule has 2 aromatic rings. The Kier molecular flexibility index (Phi) is 3.51. The van der Waals surface area contributed by atoms with Crippen molar-refractivity contribution in [2.24, 2.45) is 0 Å². The number of hydrogen-bond acceptors (Lipinski definition) is 2. The summed E-state index contributed by atoms with van der Waals surface area (Å²) in [6, 6.07) is 7.85. The molecule has 98 valence electrons. The van der Waals surface area contributed by atoms with Crippen LogP contribution in [0.1, 0.15) is 30.5 Å². The average Bonchev–Trinajstić information content (AvgIpc) is 2.64. The number of rotatable bonds is 1. The van der Waals surface area contributed by atoms with E-state index >= 15 is 0 Å². The van der Waals surface area contributed by atoms with Gasteiger partial charge in [-0.15, -0.1) is 0 Å². The van der Waals surface area contributed by atoms with Gasteiger partial charge in [-0.05, 0) is 37.8 Å². The number of nitrogens with zero attached hydrogens (tertiary/aromatic N) is 1. The molecule has 0 aliphatic heterocycles. The summed E-state index contributed by atoms with van der Waals surface area (Å²) in [5.41, 5.74) is 2.84. The Morgan fingerprint density at radius 2 is 2.00 bits per heavy atom. The molecule has 3 nitrogen and oxygen atoms in total. The summed E-state index contributed by atoms with van der Waals surface area (Å²) in [7, 11) is 0. The average molecular weight is 319 g/mol. The Hall–Kier alpha value is -1.42. The van der Waals surface area contributed by atoms with E-state index in [1.807, 2.05) is 24.3 Å². The van der Waals surface area contributed by atoms with E-state index in [0.29, 0.717) is 5.82 Å². The fourth-order valence-corrected chi connectivity index (χ4v) is 2.95. The number of benzene rings is 1. The van der Waals surface area contributed by atoms with Crippen molar-refractivity contribution in [3.63, 3.8) is 0 Å². The van der Waals surface area contributed by atoms with Crippen molar-refractivity contribution in [1.29, 1.82) is 0 Å². The summed E-state index contributed by atoms with van der Waals surface area (Å²) in [4.78, 5) is 19.8. The number of hydrogen-bond donors (Lipinski definition) is 1. The number of halogens is 1. The summed E-state index contributed by atoms with van der Waals surface area (Å²) in [6.45, 7) is 0. The van der Waals surface area contributed by atoms with E-state index in [-0.39, 0.29) is 5.56 Å². The van der Waals surface area contributed by atoms with Crippen molar-refractivity contribution in [3.8, 4) is 11.4 Å². The zero-order valence-corrected chi connectivity index (χ0v) is 12.2. The lowest BCUT2D eigenvalue weighted by molar-refractivity contribution is 0.708. The van der Waals surface area contributed by atoms with Crippen LogP contribution in [0.5, 0.6) is 0 Å². The van der Waals surface area contributed by atoms with Gasteiger partial charge in [0.05, 0.1) is 5.69 Å². The zero-order chi connectivity index (χ0) is 13.2. The smallest absolute Gasteiger partial charge is 0.254 e. The highest BCUT2D eigenvalue weighted by molar-refractivity contribution is 9.10. The van der Waals surface area contributed by atoms with Gasteiger partial charge in [0.15, 0.2) is 0 Å². The SMILES string of the molecule is O=c1[nH]c(-c2cccc(Br)c2)nc2c1CCCCC2. The lowest BCUT2D eigenvalue weighted by Gasteiger charge is -2.07. The second-order valence-corrected chi connectivity index (χ2v) is 5.83. The molecule has 1 aliphatic rings. The van der Waals surface area contributed by atoms with Crippen molar-refractivity contribution >= 4 is 15.9 Å². The molecule has 1 N–H and O–H groups in total. The van der Waals surface area contributed by atoms with Gasteiger partial charge in [0.2, 0.25) is 0 Å². The second kappa shape index (κ2) is 5.29. The minimum absolute atomic E-state index is 0.0295. The van der Waals surface area contributed by atoms with Crippen LogP contribution in [0.3, 0.4) is 0 Å². The van der Waals surface area contributed by atoms with Crippen LogP contribution in [0.25, 0.3) is 11.4 Å². The van der Waals surface area contributed by atoms with Crippen LogP contribution >= 0.6 is 15.9 Å². The van der Waals surface area contributed by atoms with Gasteiger partial charge in [0.1, 0.15) is 5.82 Å². The van der Waals surface area contributed by atoms with Crippen molar-refractivity contribution in [2.75, 3.05) is 0 Å². The molecule has 0 spiro atoms. The molecule has 0 fully saturated rings. The summed E-state index contributed by atoms with van der Waals surface area (Å²) < 4.78 is 0.989. The summed E-state index contributed by atoms with van der Waals surface area (Å²) in [5.74, 6) is 0.673. The van der Waals surface area contributed by atoms with Gasteiger partial charge >= 0.3 is 0 Å². The zero-order valence-electron chi connectivity index (χ0n) is 10.6. The minimum atomic E-state index is 0.0295. The molecule has 19 heavy (non-hydrogen) atoms. The molecule has 0 radical (unpaired) electrons. The Balaban J connectivity index is 2.11. The Labute approximate surface area is 120 Å². The van der Waals surface area contributed by atoms with Gasteiger partial charge in [-0.2, -0.15) is 0 Å². The van der Waals surface area contributed by atoms with E-state index < -0.39 is 0 Å². The topological polar surface area (TPSA) is 45.8 Å². The monoisotopic (exact) mass is 318 g/mol. The first kappa shape index (κ1) is 12.6. The number of fused-ring (bicyclic) bond motifs is 1. The van der Waals surface area contributed by atoms with Crippen molar-refractivity contribution in [2.45, 2.75) is 32.1 Å². The highest BCUT2D eigenvalue weighted by Gasteiger charge is 2.15. The standard InChI is InChI=1S/C15H15BrN2O/c16-11-6-4-5-10(9-11)14-17-13-8-3-1-2-7-12(13)15(19)18-14/h4-6,9H,1-3,7-8H2,(H,17,18,19). The third-order valence-electron chi connectivity index (χ3n) is 3.54. The van der Waals surface area contributed by atoms with Crippen molar-refractivity contribution in [3.05, 3.63) is 50.3 Å². The maximum Gasteiger partial charge on any atom is 0.254 e. The number of H-pyrrole nitrogens is 1. The molecular weight excluding hydrogens is 304 g/mol. The highest BCUT2D eigenvalue weighted by atomic mass is 79.9. The molecule has 1 heterocycles. The van der Waals surface area contributed by atoms with Gasteiger partial charge in [0.25, 0.3) is 5.56 Å². The van der Waals surface area contributed by atoms with Crippen LogP contribution in [0.4, 0.5) is 0 Å². The molecule has 1 aromatic heterocycles. The van der Waals surface area contributed by atoms with Crippen molar-refractivity contribution < 1.29 is 0 Å². The van der Waals surface area contributed by atoms with Gasteiger partial charge in [-0.1, -0.05) is 34.5 Å². The Bertz CT molecular complexity index is 663. The highest BCUT2D eigenvalue weighted by Crippen LogP contribution is 2.22. The van der Waals surface area contributed by atoms with E-state index in [0.717, 1.165) is 47.0 Å². The molecule has 0 saturated heterocycles. The number of aromatic amines is 1. The Morgan fingerprint density at radius 3 is 2.84 bits per heavy atom. The number of nitrogens with one attached hydrogen (secondary N) is 1. The first-order valence-corrected chi connectivity index (χ1v) is 7.41. The van der Waals surface area contributed by atoms with Crippen LogP contribution in [0.15, 0.2) is 33.5 Å². The molecule has 1 aliphatic carbocycles. The number of aryl methyl sites for hydroxylation is 1. The molecule has 0 atom stereocenters. The third kappa shape index (κ3) is 2.63. The van der Waals surface area contributed by atoms with Crippen LogP contribution in [-0.2, 0) is 12.8 Å². The maximum absolute atomic E-state index is 12.2. The molecule has 0 amide bonds. The summed E-state index contributed by atoms with van der Waals surface area (Å²) in [5, 5.41) is 0. The van der Waals surface area contributed by atoms with E-state index in [2.05, 4.69) is 25.9 Å². The fraction of sp³-hybridized carbons (Fsp3) is 0.333. The third-order valence-corrected chi connectivity index (χ3v) is 4.03. The first-order chi connectivity index (χ1) is 9.24. The van der Waals surface area contributed by atoms with E-state index in [9.17, 15) is 4.79 Å². The lowest BCUT2D eigenvalue weighted by atomic mass is 10.1. The predicted octanol–water partition coefficient (Wildman–Crippen LogP) is 3.47. The van der Waals surface area contributed by atoms with Crippen LogP contribution in [0.2, 0.25) is 0 Å². The quantitative estimate of drug-likeness (QED) is 0.818. The molecule has 4 heteroatoms. The number of aromatic nitrogens is 2. The molecule has 1 aromatic carbocycles. The second-order valence-electron chi connectivity index (χ2n) is 4.91. The molecule has 0 unspecified atom stereocenters. The summed E-state index contributed by atoms with van der Waals surface area (Å²) in [6.07, 6.45) is 5.17. The van der Waals surface area contributed by atoms with Crippen LogP contribution in [0, 0.1) is 0 Å². The van der Waals surface area contributed by atoms with E-state index in [1.165, 1.54) is 6.42 Å². The van der Waals surface area contributed by atoms with Gasteiger partial charge in [0, 0.05) is 15.6 Å².